The van der Waals surface area contributed by atoms with Gasteiger partial charge in [-0.2, -0.15) is 0 Å². The van der Waals surface area contributed by atoms with Crippen LogP contribution in [0.3, 0.4) is 0 Å². The van der Waals surface area contributed by atoms with Gasteiger partial charge in [0.1, 0.15) is 0 Å². The van der Waals surface area contributed by atoms with Gasteiger partial charge >= 0.3 is 0 Å². The van der Waals surface area contributed by atoms with Crippen molar-refractivity contribution in [2.45, 2.75) is 39.7 Å². The molecule has 1 aromatic carbocycles. The third kappa shape index (κ3) is 4.63. The van der Waals surface area contributed by atoms with Crippen LogP contribution in [0.4, 0.5) is 11.4 Å². The molecule has 1 saturated heterocycles. The van der Waals surface area contributed by atoms with Gasteiger partial charge in [0.2, 0.25) is 0 Å². The standard InChI is InChI=1S/C18H31N3/c1-14(2)13-21-10-8-16(9-11-21)19-18-7-6-17(20(4)5)12-15(18)3/h6-7,12,14,16,19H,8-11,13H2,1-5H3. The number of aryl methyl sites for hydroxylation is 1. The first-order valence-corrected chi connectivity index (χ1v) is 8.22. The lowest BCUT2D eigenvalue weighted by molar-refractivity contribution is 0.198. The summed E-state index contributed by atoms with van der Waals surface area (Å²) in [5.74, 6) is 0.773. The largest absolute Gasteiger partial charge is 0.382 e. The Labute approximate surface area is 130 Å². The van der Waals surface area contributed by atoms with Crippen molar-refractivity contribution in [2.75, 3.05) is 43.9 Å². The summed E-state index contributed by atoms with van der Waals surface area (Å²) in [5, 5.41) is 3.74. The fourth-order valence-electron chi connectivity index (χ4n) is 3.08. The van der Waals surface area contributed by atoms with E-state index in [1.54, 1.807) is 0 Å². The maximum absolute atomic E-state index is 3.74. The van der Waals surface area contributed by atoms with E-state index < -0.39 is 0 Å². The number of anilines is 2. The molecule has 0 atom stereocenters. The van der Waals surface area contributed by atoms with Crippen molar-refractivity contribution in [2.24, 2.45) is 5.92 Å². The lowest BCUT2D eigenvalue weighted by Gasteiger charge is -2.34. The molecule has 3 heteroatoms. The van der Waals surface area contributed by atoms with Crippen LogP contribution < -0.4 is 10.2 Å². The van der Waals surface area contributed by atoms with Crippen LogP contribution in [0.2, 0.25) is 0 Å². The number of hydrogen-bond acceptors (Lipinski definition) is 3. The molecular weight excluding hydrogens is 258 g/mol. The topological polar surface area (TPSA) is 18.5 Å². The Morgan fingerprint density at radius 1 is 1.24 bits per heavy atom. The zero-order chi connectivity index (χ0) is 15.4. The predicted molar refractivity (Wildman–Crippen MR) is 93.4 cm³/mol. The van der Waals surface area contributed by atoms with Gasteiger partial charge < -0.3 is 15.1 Å². The van der Waals surface area contributed by atoms with E-state index in [-0.39, 0.29) is 0 Å². The second kappa shape index (κ2) is 7.17. The molecule has 3 nitrogen and oxygen atoms in total. The Morgan fingerprint density at radius 2 is 1.90 bits per heavy atom. The number of nitrogens with one attached hydrogen (secondary N) is 1. The van der Waals surface area contributed by atoms with Crippen molar-refractivity contribution < 1.29 is 0 Å². The van der Waals surface area contributed by atoms with Gasteiger partial charge in [0.25, 0.3) is 0 Å². The maximum Gasteiger partial charge on any atom is 0.0373 e. The van der Waals surface area contributed by atoms with Crippen molar-refractivity contribution in [1.29, 1.82) is 0 Å². The van der Waals surface area contributed by atoms with E-state index in [1.165, 1.54) is 49.4 Å². The van der Waals surface area contributed by atoms with E-state index in [1.807, 2.05) is 0 Å². The number of hydrogen-bond donors (Lipinski definition) is 1. The van der Waals surface area contributed by atoms with Crippen molar-refractivity contribution in [3.05, 3.63) is 23.8 Å². The minimum Gasteiger partial charge on any atom is -0.382 e. The van der Waals surface area contributed by atoms with E-state index in [0.29, 0.717) is 6.04 Å². The molecule has 1 aliphatic rings. The van der Waals surface area contributed by atoms with Crippen molar-refractivity contribution in [1.82, 2.24) is 4.90 Å². The molecule has 0 spiro atoms. The molecule has 0 aliphatic carbocycles. The highest BCUT2D eigenvalue weighted by Gasteiger charge is 2.19. The molecule has 118 valence electrons. The summed E-state index contributed by atoms with van der Waals surface area (Å²) in [7, 11) is 4.18. The molecule has 2 rings (SSSR count). The molecule has 0 saturated carbocycles. The number of rotatable bonds is 5. The minimum atomic E-state index is 0.623. The van der Waals surface area contributed by atoms with E-state index in [4.69, 9.17) is 0 Å². The maximum atomic E-state index is 3.74. The fraction of sp³-hybridized carbons (Fsp3) is 0.667. The van der Waals surface area contributed by atoms with Crippen LogP contribution in [0.15, 0.2) is 18.2 Å². The van der Waals surface area contributed by atoms with Crippen LogP contribution in [0.25, 0.3) is 0 Å². The predicted octanol–water partition coefficient (Wildman–Crippen LogP) is 3.59. The van der Waals surface area contributed by atoms with Gasteiger partial charge in [-0.3, -0.25) is 0 Å². The summed E-state index contributed by atoms with van der Waals surface area (Å²) < 4.78 is 0. The van der Waals surface area contributed by atoms with Gasteiger partial charge in [-0.15, -0.1) is 0 Å². The first kappa shape index (κ1) is 16.2. The average Bonchev–Trinajstić information content (AvgIpc) is 2.42. The van der Waals surface area contributed by atoms with E-state index in [0.717, 1.165) is 5.92 Å². The summed E-state index contributed by atoms with van der Waals surface area (Å²) in [6, 6.07) is 7.31. The summed E-state index contributed by atoms with van der Waals surface area (Å²) in [4.78, 5) is 4.76. The van der Waals surface area contributed by atoms with Crippen LogP contribution in [-0.4, -0.2) is 44.7 Å². The van der Waals surface area contributed by atoms with Crippen molar-refractivity contribution in [3.63, 3.8) is 0 Å². The van der Waals surface area contributed by atoms with E-state index in [9.17, 15) is 0 Å². The third-order valence-corrected chi connectivity index (χ3v) is 4.30. The number of nitrogens with zero attached hydrogens (tertiary/aromatic N) is 2. The smallest absolute Gasteiger partial charge is 0.0373 e. The highest BCUT2D eigenvalue weighted by atomic mass is 15.1. The van der Waals surface area contributed by atoms with Gasteiger partial charge in [0.05, 0.1) is 0 Å². The van der Waals surface area contributed by atoms with Crippen molar-refractivity contribution >= 4 is 11.4 Å². The van der Waals surface area contributed by atoms with Gasteiger partial charge in [0, 0.05) is 51.1 Å². The van der Waals surface area contributed by atoms with E-state index >= 15 is 0 Å². The van der Waals surface area contributed by atoms with Crippen LogP contribution in [-0.2, 0) is 0 Å². The third-order valence-electron chi connectivity index (χ3n) is 4.30. The summed E-state index contributed by atoms with van der Waals surface area (Å²) in [6.45, 7) is 10.5. The number of likely N-dealkylation sites (tertiary alicyclic amines) is 1. The molecule has 1 fully saturated rings. The summed E-state index contributed by atoms with van der Waals surface area (Å²) in [5.41, 5.74) is 3.90. The molecule has 1 aliphatic heterocycles. The summed E-state index contributed by atoms with van der Waals surface area (Å²) >= 11 is 0. The van der Waals surface area contributed by atoms with Crippen LogP contribution >= 0.6 is 0 Å². The number of benzene rings is 1. The Hall–Kier alpha value is -1.22. The molecule has 1 N–H and O–H groups in total. The van der Waals surface area contributed by atoms with Gasteiger partial charge in [-0.1, -0.05) is 13.8 Å². The van der Waals surface area contributed by atoms with Crippen LogP contribution in [0.5, 0.6) is 0 Å². The van der Waals surface area contributed by atoms with Gasteiger partial charge in [-0.05, 0) is 49.4 Å². The van der Waals surface area contributed by atoms with Crippen LogP contribution in [0, 0.1) is 12.8 Å². The normalized spacial score (nSPS) is 17.2. The van der Waals surface area contributed by atoms with E-state index in [2.05, 4.69) is 68.2 Å². The van der Waals surface area contributed by atoms with Gasteiger partial charge in [0.15, 0.2) is 0 Å². The Kier molecular flexibility index (Phi) is 5.51. The second-order valence-electron chi connectivity index (χ2n) is 7.01. The molecule has 0 bridgehead atoms. The van der Waals surface area contributed by atoms with Gasteiger partial charge in [-0.25, -0.2) is 0 Å². The lowest BCUT2D eigenvalue weighted by atomic mass is 10.0. The molecule has 0 radical (unpaired) electrons. The lowest BCUT2D eigenvalue weighted by Crippen LogP contribution is -2.40. The fourth-order valence-corrected chi connectivity index (χ4v) is 3.08. The zero-order valence-electron chi connectivity index (χ0n) is 14.3. The molecule has 1 aromatic rings. The molecule has 0 unspecified atom stereocenters. The van der Waals surface area contributed by atoms with Crippen molar-refractivity contribution in [3.8, 4) is 0 Å². The molecule has 0 amide bonds. The average molecular weight is 289 g/mol. The molecule has 0 aromatic heterocycles. The zero-order valence-corrected chi connectivity index (χ0v) is 14.3. The van der Waals surface area contributed by atoms with Crippen LogP contribution in [0.1, 0.15) is 32.3 Å². The molecule has 1 heterocycles. The highest BCUT2D eigenvalue weighted by Crippen LogP contribution is 2.24. The highest BCUT2D eigenvalue weighted by molar-refractivity contribution is 5.60. The SMILES string of the molecule is Cc1cc(N(C)C)ccc1NC1CCN(CC(C)C)CC1. The Morgan fingerprint density at radius 3 is 2.43 bits per heavy atom. The minimum absolute atomic E-state index is 0.623. The first-order valence-electron chi connectivity index (χ1n) is 8.22. The number of piperidine rings is 1. The Balaban J connectivity index is 1.89. The Bertz CT molecular complexity index is 446. The monoisotopic (exact) mass is 289 g/mol. The quantitative estimate of drug-likeness (QED) is 0.893. The second-order valence-corrected chi connectivity index (χ2v) is 7.01. The summed E-state index contributed by atoms with van der Waals surface area (Å²) in [6.07, 6.45) is 2.50. The first-order chi connectivity index (χ1) is 9.95. The molecule has 21 heavy (non-hydrogen) atoms. The molecular formula is C18H31N3.